The second kappa shape index (κ2) is 4.63. The van der Waals surface area contributed by atoms with Gasteiger partial charge in [-0.3, -0.25) is 9.89 Å². The van der Waals surface area contributed by atoms with Crippen LogP contribution < -0.4 is 0 Å². The van der Waals surface area contributed by atoms with Crippen LogP contribution in [0.25, 0.3) is 0 Å². The lowest BCUT2D eigenvalue weighted by atomic mass is 10.0. The second-order valence-electron chi connectivity index (χ2n) is 4.30. The van der Waals surface area contributed by atoms with Crippen molar-refractivity contribution in [1.29, 1.82) is 0 Å². The fourth-order valence-corrected chi connectivity index (χ4v) is 2.08. The summed E-state index contributed by atoms with van der Waals surface area (Å²) in [5, 5.41) is 6.75. The molecule has 0 spiro atoms. The third-order valence-corrected chi connectivity index (χ3v) is 3.12. The van der Waals surface area contributed by atoms with Gasteiger partial charge in [-0.25, -0.2) is 4.98 Å². The van der Waals surface area contributed by atoms with Gasteiger partial charge >= 0.3 is 0 Å². The minimum atomic E-state index is -0.0387. The number of aromatic amines is 1. The second-order valence-corrected chi connectivity index (χ2v) is 4.30. The Morgan fingerprint density at radius 1 is 1.56 bits per heavy atom. The molecule has 88 valence electrons. The number of H-pyrrole nitrogens is 1. The first-order valence-corrected chi connectivity index (χ1v) is 5.94. The number of aromatic nitrogens is 3. The van der Waals surface area contributed by atoms with Crippen molar-refractivity contribution in [1.82, 2.24) is 20.1 Å². The molecule has 0 bridgehead atoms. The SMILES string of the molecule is CCc1nc(C(=O)N2CCCCC2C)n[nH]1. The van der Waals surface area contributed by atoms with E-state index in [2.05, 4.69) is 22.1 Å². The van der Waals surface area contributed by atoms with E-state index < -0.39 is 0 Å². The summed E-state index contributed by atoms with van der Waals surface area (Å²) in [6, 6.07) is 0.310. The van der Waals surface area contributed by atoms with Crippen molar-refractivity contribution in [3.63, 3.8) is 0 Å². The molecule has 2 heterocycles. The van der Waals surface area contributed by atoms with Gasteiger partial charge in [0, 0.05) is 19.0 Å². The van der Waals surface area contributed by atoms with E-state index in [4.69, 9.17) is 0 Å². The van der Waals surface area contributed by atoms with Gasteiger partial charge in [-0.1, -0.05) is 6.92 Å². The molecule has 5 heteroatoms. The average Bonchev–Trinajstić information content (AvgIpc) is 2.77. The number of amides is 1. The molecule has 1 atom stereocenters. The van der Waals surface area contributed by atoms with Gasteiger partial charge in [0.15, 0.2) is 0 Å². The Hall–Kier alpha value is -1.39. The quantitative estimate of drug-likeness (QED) is 0.822. The van der Waals surface area contributed by atoms with Crippen LogP contribution in [-0.2, 0) is 6.42 Å². The third-order valence-electron chi connectivity index (χ3n) is 3.12. The lowest BCUT2D eigenvalue weighted by Gasteiger charge is -2.32. The molecule has 1 aromatic heterocycles. The van der Waals surface area contributed by atoms with E-state index in [9.17, 15) is 4.79 Å². The van der Waals surface area contributed by atoms with Crippen LogP contribution in [0.1, 0.15) is 49.6 Å². The number of hydrogen-bond donors (Lipinski definition) is 1. The van der Waals surface area contributed by atoms with Crippen LogP contribution in [0.4, 0.5) is 0 Å². The highest BCUT2D eigenvalue weighted by molar-refractivity contribution is 5.90. The van der Waals surface area contributed by atoms with Crippen molar-refractivity contribution in [2.45, 2.75) is 45.6 Å². The summed E-state index contributed by atoms with van der Waals surface area (Å²) >= 11 is 0. The Morgan fingerprint density at radius 2 is 2.38 bits per heavy atom. The zero-order valence-corrected chi connectivity index (χ0v) is 9.86. The minimum absolute atomic E-state index is 0.0387. The molecule has 1 aliphatic rings. The highest BCUT2D eigenvalue weighted by Crippen LogP contribution is 2.17. The van der Waals surface area contributed by atoms with Gasteiger partial charge < -0.3 is 4.90 Å². The first kappa shape index (κ1) is 11.1. The zero-order valence-electron chi connectivity index (χ0n) is 9.86. The third kappa shape index (κ3) is 2.08. The van der Waals surface area contributed by atoms with Crippen LogP contribution in [0, 0.1) is 0 Å². The summed E-state index contributed by atoms with van der Waals surface area (Å²) in [6.07, 6.45) is 4.15. The Morgan fingerprint density at radius 3 is 3.00 bits per heavy atom. The summed E-state index contributed by atoms with van der Waals surface area (Å²) in [5.74, 6) is 1.04. The van der Waals surface area contributed by atoms with E-state index >= 15 is 0 Å². The highest BCUT2D eigenvalue weighted by atomic mass is 16.2. The van der Waals surface area contributed by atoms with E-state index in [0.717, 1.165) is 31.6 Å². The molecule has 0 saturated carbocycles. The van der Waals surface area contributed by atoms with Crippen molar-refractivity contribution in [2.24, 2.45) is 0 Å². The van der Waals surface area contributed by atoms with Crippen LogP contribution in [0.5, 0.6) is 0 Å². The molecular formula is C11H18N4O. The monoisotopic (exact) mass is 222 g/mol. The van der Waals surface area contributed by atoms with E-state index in [0.29, 0.717) is 11.9 Å². The number of nitrogens with one attached hydrogen (secondary N) is 1. The summed E-state index contributed by atoms with van der Waals surface area (Å²) in [6.45, 7) is 4.90. The lowest BCUT2D eigenvalue weighted by Crippen LogP contribution is -2.42. The Kier molecular flexibility index (Phi) is 3.22. The molecular weight excluding hydrogens is 204 g/mol. The average molecular weight is 222 g/mol. The summed E-state index contributed by atoms with van der Waals surface area (Å²) in [5.41, 5.74) is 0. The molecule has 16 heavy (non-hydrogen) atoms. The minimum Gasteiger partial charge on any atom is -0.333 e. The van der Waals surface area contributed by atoms with Crippen molar-refractivity contribution < 1.29 is 4.79 Å². The van der Waals surface area contributed by atoms with Gasteiger partial charge in [0.2, 0.25) is 5.82 Å². The largest absolute Gasteiger partial charge is 0.333 e. The number of carbonyl (C=O) groups excluding carboxylic acids is 1. The molecule has 1 aromatic rings. The molecule has 5 nitrogen and oxygen atoms in total. The number of carbonyl (C=O) groups is 1. The highest BCUT2D eigenvalue weighted by Gasteiger charge is 2.26. The lowest BCUT2D eigenvalue weighted by molar-refractivity contribution is 0.0623. The Bertz CT molecular complexity index is 374. The summed E-state index contributed by atoms with van der Waals surface area (Å²) in [4.78, 5) is 18.2. The number of hydrogen-bond acceptors (Lipinski definition) is 3. The Labute approximate surface area is 95.2 Å². The molecule has 1 saturated heterocycles. The molecule has 0 aliphatic carbocycles. The van der Waals surface area contributed by atoms with Crippen LogP contribution in [0.3, 0.4) is 0 Å². The van der Waals surface area contributed by atoms with Gasteiger partial charge in [-0.05, 0) is 26.2 Å². The normalized spacial score (nSPS) is 21.1. The fourth-order valence-electron chi connectivity index (χ4n) is 2.08. The fraction of sp³-hybridized carbons (Fsp3) is 0.727. The van der Waals surface area contributed by atoms with Crippen LogP contribution in [0.2, 0.25) is 0 Å². The molecule has 0 radical (unpaired) electrons. The molecule has 2 rings (SSSR count). The molecule has 1 N–H and O–H groups in total. The first-order valence-electron chi connectivity index (χ1n) is 5.94. The van der Waals surface area contributed by atoms with Crippen molar-refractivity contribution >= 4 is 5.91 Å². The Balaban J connectivity index is 2.11. The zero-order chi connectivity index (χ0) is 11.5. The number of nitrogens with zero attached hydrogens (tertiary/aromatic N) is 3. The maximum absolute atomic E-state index is 12.1. The predicted octanol–water partition coefficient (Wildman–Crippen LogP) is 1.38. The standard InChI is InChI=1S/C11H18N4O/c1-3-9-12-10(14-13-9)11(16)15-7-5-4-6-8(15)2/h8H,3-7H2,1-2H3,(H,12,13,14). The molecule has 0 aromatic carbocycles. The van der Waals surface area contributed by atoms with Crippen molar-refractivity contribution in [2.75, 3.05) is 6.54 Å². The molecule has 1 amide bonds. The predicted molar refractivity (Wildman–Crippen MR) is 60.1 cm³/mol. The number of piperidine rings is 1. The maximum Gasteiger partial charge on any atom is 0.293 e. The van der Waals surface area contributed by atoms with Crippen LogP contribution in [0.15, 0.2) is 0 Å². The first-order chi connectivity index (χ1) is 7.72. The number of likely N-dealkylation sites (tertiary alicyclic amines) is 1. The van der Waals surface area contributed by atoms with Crippen LogP contribution in [-0.4, -0.2) is 38.6 Å². The summed E-state index contributed by atoms with van der Waals surface area (Å²) in [7, 11) is 0. The van der Waals surface area contributed by atoms with Gasteiger partial charge in [0.05, 0.1) is 0 Å². The van der Waals surface area contributed by atoms with Crippen molar-refractivity contribution in [3.8, 4) is 0 Å². The smallest absolute Gasteiger partial charge is 0.293 e. The molecule has 1 aliphatic heterocycles. The van der Waals surface area contributed by atoms with Gasteiger partial charge in [-0.15, -0.1) is 5.10 Å². The summed E-state index contributed by atoms with van der Waals surface area (Å²) < 4.78 is 0. The van der Waals surface area contributed by atoms with Crippen molar-refractivity contribution in [3.05, 3.63) is 11.6 Å². The van der Waals surface area contributed by atoms with Crippen LogP contribution >= 0.6 is 0 Å². The van der Waals surface area contributed by atoms with Gasteiger partial charge in [0.25, 0.3) is 5.91 Å². The molecule has 1 unspecified atom stereocenters. The molecule has 1 fully saturated rings. The maximum atomic E-state index is 12.1. The van der Waals surface area contributed by atoms with E-state index in [1.165, 1.54) is 6.42 Å². The van der Waals surface area contributed by atoms with E-state index in [1.54, 1.807) is 0 Å². The topological polar surface area (TPSA) is 61.9 Å². The van der Waals surface area contributed by atoms with Gasteiger partial charge in [-0.2, -0.15) is 0 Å². The van der Waals surface area contributed by atoms with E-state index in [-0.39, 0.29) is 5.91 Å². The number of aryl methyl sites for hydroxylation is 1. The van der Waals surface area contributed by atoms with E-state index in [1.807, 2.05) is 11.8 Å². The van der Waals surface area contributed by atoms with Gasteiger partial charge in [0.1, 0.15) is 5.82 Å². The number of rotatable bonds is 2.